The first-order valence-corrected chi connectivity index (χ1v) is 7.31. The van der Waals surface area contributed by atoms with Crippen LogP contribution in [-0.2, 0) is 16.0 Å². The van der Waals surface area contributed by atoms with E-state index in [-0.39, 0.29) is 5.91 Å². The Hall–Kier alpha value is -2.40. The zero-order valence-corrected chi connectivity index (χ0v) is 12.3. The Morgan fingerprint density at radius 2 is 2.14 bits per heavy atom. The van der Waals surface area contributed by atoms with Gasteiger partial charge in [-0.25, -0.2) is 4.79 Å². The lowest BCUT2D eigenvalue weighted by Gasteiger charge is -2.08. The minimum absolute atomic E-state index is 0.0645. The third kappa shape index (κ3) is 4.57. The molecule has 1 aromatic heterocycles. The molecule has 21 heavy (non-hydrogen) atoms. The summed E-state index contributed by atoms with van der Waals surface area (Å²) in [4.78, 5) is 22.4. The van der Waals surface area contributed by atoms with E-state index >= 15 is 0 Å². The Balaban J connectivity index is 2.03. The highest BCUT2D eigenvalue weighted by atomic mass is 32.1. The van der Waals surface area contributed by atoms with Gasteiger partial charge in [-0.05, 0) is 58.6 Å². The summed E-state index contributed by atoms with van der Waals surface area (Å²) in [5, 5.41) is 15.4. The maximum Gasteiger partial charge on any atom is 0.328 e. The van der Waals surface area contributed by atoms with Gasteiger partial charge in [0.05, 0.1) is 6.42 Å². The van der Waals surface area contributed by atoms with E-state index in [4.69, 9.17) is 5.11 Å². The van der Waals surface area contributed by atoms with Gasteiger partial charge >= 0.3 is 5.97 Å². The summed E-state index contributed by atoms with van der Waals surface area (Å²) >= 11 is 1.57. The van der Waals surface area contributed by atoms with Crippen LogP contribution >= 0.6 is 11.3 Å². The van der Waals surface area contributed by atoms with Crippen LogP contribution < -0.4 is 5.32 Å². The zero-order valence-electron chi connectivity index (χ0n) is 11.5. The van der Waals surface area contributed by atoms with Crippen molar-refractivity contribution in [3.05, 3.63) is 57.8 Å². The zero-order chi connectivity index (χ0) is 15.2. The normalized spacial score (nSPS) is 10.7. The van der Waals surface area contributed by atoms with E-state index in [1.807, 2.05) is 29.8 Å². The molecule has 4 nitrogen and oxygen atoms in total. The lowest BCUT2D eigenvalue weighted by atomic mass is 10.1. The van der Waals surface area contributed by atoms with Crippen LogP contribution in [0.5, 0.6) is 0 Å². The first kappa shape index (κ1) is 15.0. The summed E-state index contributed by atoms with van der Waals surface area (Å²) in [5.74, 6) is -1.05. The van der Waals surface area contributed by atoms with Crippen molar-refractivity contribution < 1.29 is 14.7 Å². The molecule has 0 spiro atoms. The maximum atomic E-state index is 11.9. The van der Waals surface area contributed by atoms with Crippen LogP contribution in [0.3, 0.4) is 0 Å². The number of nitrogens with one attached hydrogen (secondary N) is 1. The first-order valence-electron chi connectivity index (χ1n) is 6.37. The molecule has 0 saturated heterocycles. The lowest BCUT2D eigenvalue weighted by Crippen LogP contribution is -2.14. The molecule has 0 aliphatic carbocycles. The SMILES string of the molecule is Cc1cc(C=CC(=O)O)ccc1NC(=O)Cc1ccsc1. The minimum Gasteiger partial charge on any atom is -0.478 e. The smallest absolute Gasteiger partial charge is 0.328 e. The molecular formula is C16H15NO3S. The molecule has 0 radical (unpaired) electrons. The lowest BCUT2D eigenvalue weighted by molar-refractivity contribution is -0.131. The highest BCUT2D eigenvalue weighted by molar-refractivity contribution is 7.08. The van der Waals surface area contributed by atoms with Crippen molar-refractivity contribution in [1.29, 1.82) is 0 Å². The summed E-state index contributed by atoms with van der Waals surface area (Å²) in [5.41, 5.74) is 3.41. The van der Waals surface area contributed by atoms with E-state index in [1.54, 1.807) is 23.5 Å². The number of carboxylic acids is 1. The number of aryl methyl sites for hydroxylation is 1. The van der Waals surface area contributed by atoms with Crippen molar-refractivity contribution in [2.75, 3.05) is 5.32 Å². The Morgan fingerprint density at radius 3 is 2.76 bits per heavy atom. The maximum absolute atomic E-state index is 11.9. The van der Waals surface area contributed by atoms with Crippen LogP contribution in [0.15, 0.2) is 41.1 Å². The molecule has 108 valence electrons. The summed E-state index contributed by atoms with van der Waals surface area (Å²) in [6, 6.07) is 7.31. The van der Waals surface area contributed by atoms with E-state index in [0.29, 0.717) is 6.42 Å². The molecule has 0 unspecified atom stereocenters. The van der Waals surface area contributed by atoms with Gasteiger partial charge in [0.25, 0.3) is 0 Å². The molecule has 0 aliphatic heterocycles. The number of rotatable bonds is 5. The van der Waals surface area contributed by atoms with E-state index < -0.39 is 5.97 Å². The number of aliphatic carboxylic acids is 1. The van der Waals surface area contributed by atoms with Crippen LogP contribution in [0.1, 0.15) is 16.7 Å². The van der Waals surface area contributed by atoms with Crippen molar-refractivity contribution >= 4 is 35.0 Å². The molecule has 0 aliphatic rings. The Kier molecular flexibility index (Phi) is 4.90. The highest BCUT2D eigenvalue weighted by Crippen LogP contribution is 2.18. The molecule has 0 bridgehead atoms. The van der Waals surface area contributed by atoms with E-state index in [2.05, 4.69) is 5.32 Å². The van der Waals surface area contributed by atoms with Gasteiger partial charge in [0, 0.05) is 11.8 Å². The monoisotopic (exact) mass is 301 g/mol. The third-order valence-electron chi connectivity index (χ3n) is 2.89. The summed E-state index contributed by atoms with van der Waals surface area (Å²) in [6.07, 6.45) is 2.96. The molecule has 5 heteroatoms. The van der Waals surface area contributed by atoms with Crippen molar-refractivity contribution in [3.63, 3.8) is 0 Å². The molecule has 1 aromatic carbocycles. The Labute approximate surface area is 126 Å². The van der Waals surface area contributed by atoms with Crippen LogP contribution in [0.25, 0.3) is 6.08 Å². The molecule has 0 atom stereocenters. The molecule has 2 N–H and O–H groups in total. The largest absolute Gasteiger partial charge is 0.478 e. The standard InChI is InChI=1S/C16H15NO3S/c1-11-8-12(3-5-16(19)20)2-4-14(11)17-15(18)9-13-6-7-21-10-13/h2-8,10H,9H2,1H3,(H,17,18)(H,19,20). The van der Waals surface area contributed by atoms with Gasteiger partial charge in [-0.15, -0.1) is 0 Å². The van der Waals surface area contributed by atoms with Crippen LogP contribution in [0, 0.1) is 6.92 Å². The minimum atomic E-state index is -0.985. The van der Waals surface area contributed by atoms with Crippen LogP contribution in [0.2, 0.25) is 0 Å². The molecular weight excluding hydrogens is 286 g/mol. The van der Waals surface area contributed by atoms with Crippen molar-refractivity contribution in [2.45, 2.75) is 13.3 Å². The van der Waals surface area contributed by atoms with Crippen molar-refractivity contribution in [1.82, 2.24) is 0 Å². The molecule has 2 rings (SSSR count). The Morgan fingerprint density at radius 1 is 1.33 bits per heavy atom. The van der Waals surface area contributed by atoms with E-state index in [9.17, 15) is 9.59 Å². The van der Waals surface area contributed by atoms with E-state index in [1.165, 1.54) is 6.08 Å². The number of benzene rings is 1. The van der Waals surface area contributed by atoms with E-state index in [0.717, 1.165) is 28.5 Å². The van der Waals surface area contributed by atoms with Gasteiger partial charge in [0.1, 0.15) is 0 Å². The summed E-state index contributed by atoms with van der Waals surface area (Å²) in [7, 11) is 0. The molecule has 2 aromatic rings. The fourth-order valence-electron chi connectivity index (χ4n) is 1.87. The molecule has 1 amide bonds. The Bertz CT molecular complexity index is 675. The molecule has 0 saturated carbocycles. The van der Waals surface area contributed by atoms with Crippen molar-refractivity contribution in [3.8, 4) is 0 Å². The number of thiophene rings is 1. The average molecular weight is 301 g/mol. The average Bonchev–Trinajstić information content (AvgIpc) is 2.92. The predicted octanol–water partition coefficient (Wildman–Crippen LogP) is 3.34. The van der Waals surface area contributed by atoms with Gasteiger partial charge in [-0.2, -0.15) is 11.3 Å². The topological polar surface area (TPSA) is 66.4 Å². The first-order chi connectivity index (χ1) is 10.0. The van der Waals surface area contributed by atoms with Crippen molar-refractivity contribution in [2.24, 2.45) is 0 Å². The number of hydrogen-bond acceptors (Lipinski definition) is 3. The van der Waals surface area contributed by atoms with Gasteiger partial charge in [-0.3, -0.25) is 4.79 Å². The number of carbonyl (C=O) groups is 2. The quantitative estimate of drug-likeness (QED) is 0.832. The van der Waals surface area contributed by atoms with Crippen LogP contribution in [-0.4, -0.2) is 17.0 Å². The highest BCUT2D eigenvalue weighted by Gasteiger charge is 2.06. The third-order valence-corrected chi connectivity index (χ3v) is 3.62. The molecule has 1 heterocycles. The summed E-state index contributed by atoms with van der Waals surface area (Å²) in [6.45, 7) is 1.87. The fourth-order valence-corrected chi connectivity index (χ4v) is 2.54. The second-order valence-electron chi connectivity index (χ2n) is 4.60. The molecule has 0 fully saturated rings. The van der Waals surface area contributed by atoms with Crippen LogP contribution in [0.4, 0.5) is 5.69 Å². The number of carbonyl (C=O) groups excluding carboxylic acids is 1. The number of hydrogen-bond donors (Lipinski definition) is 2. The van der Waals surface area contributed by atoms with Gasteiger partial charge in [-0.1, -0.05) is 6.07 Å². The fraction of sp³-hybridized carbons (Fsp3) is 0.125. The number of anilines is 1. The number of amides is 1. The number of carboxylic acid groups (broad SMARTS) is 1. The van der Waals surface area contributed by atoms with Gasteiger partial charge in [0.2, 0.25) is 5.91 Å². The second kappa shape index (κ2) is 6.85. The predicted molar refractivity (Wildman–Crippen MR) is 84.5 cm³/mol. The van der Waals surface area contributed by atoms with Gasteiger partial charge < -0.3 is 10.4 Å². The second-order valence-corrected chi connectivity index (χ2v) is 5.38. The summed E-state index contributed by atoms with van der Waals surface area (Å²) < 4.78 is 0. The van der Waals surface area contributed by atoms with Gasteiger partial charge in [0.15, 0.2) is 0 Å².